The molecule has 2 atom stereocenters. The molecule has 0 aromatic heterocycles. The third kappa shape index (κ3) is 8.14. The summed E-state index contributed by atoms with van der Waals surface area (Å²) in [4.78, 5) is 24.0. The summed E-state index contributed by atoms with van der Waals surface area (Å²) in [6.45, 7) is 2.67. The van der Waals surface area contributed by atoms with Crippen LogP contribution in [0.15, 0.2) is 53.4 Å². The van der Waals surface area contributed by atoms with Crippen molar-refractivity contribution in [2.45, 2.75) is 43.7 Å². The van der Waals surface area contributed by atoms with Crippen molar-refractivity contribution in [1.29, 1.82) is 0 Å². The number of nitrogens with one attached hydrogen (secondary N) is 2. The van der Waals surface area contributed by atoms with E-state index < -0.39 is 34.5 Å². The third-order valence-electron chi connectivity index (χ3n) is 4.35. The van der Waals surface area contributed by atoms with Crippen molar-refractivity contribution in [3.05, 3.63) is 64.1 Å². The fourth-order valence-electron chi connectivity index (χ4n) is 2.67. The van der Waals surface area contributed by atoms with Crippen LogP contribution in [0, 0.1) is 0 Å². The zero-order chi connectivity index (χ0) is 23.0. The summed E-state index contributed by atoms with van der Waals surface area (Å²) < 4.78 is 31.9. The first kappa shape index (κ1) is 25.1. The van der Waals surface area contributed by atoms with Crippen LogP contribution in [0.1, 0.15) is 25.8 Å². The molecule has 0 saturated carbocycles. The van der Waals surface area contributed by atoms with E-state index in [4.69, 9.17) is 27.9 Å². The van der Waals surface area contributed by atoms with Crippen molar-refractivity contribution < 1.29 is 22.7 Å². The quantitative estimate of drug-likeness (QED) is 0.501. The minimum atomic E-state index is -4.03. The predicted molar refractivity (Wildman–Crippen MR) is 120 cm³/mol. The average Bonchev–Trinajstić information content (AvgIpc) is 2.72. The Morgan fingerprint density at radius 3 is 2.35 bits per heavy atom. The van der Waals surface area contributed by atoms with Crippen LogP contribution in [0.25, 0.3) is 0 Å². The van der Waals surface area contributed by atoms with Crippen molar-refractivity contribution in [2.75, 3.05) is 6.61 Å². The lowest BCUT2D eigenvalue weighted by Crippen LogP contribution is -2.41. The fraction of sp³-hybridized carbons (Fsp3) is 0.333. The van der Waals surface area contributed by atoms with Gasteiger partial charge < -0.3 is 10.1 Å². The number of aryl methyl sites for hydroxylation is 1. The van der Waals surface area contributed by atoms with Gasteiger partial charge in [0, 0.05) is 6.04 Å². The molecule has 1 amide bonds. The first-order chi connectivity index (χ1) is 14.6. The minimum Gasteiger partial charge on any atom is -0.454 e. The highest BCUT2D eigenvalue weighted by molar-refractivity contribution is 7.89. The molecule has 2 aromatic rings. The number of hydrogen-bond acceptors (Lipinski definition) is 5. The molecule has 0 saturated heterocycles. The molecule has 0 bridgehead atoms. The van der Waals surface area contributed by atoms with Gasteiger partial charge in [0.05, 0.1) is 14.9 Å². The summed E-state index contributed by atoms with van der Waals surface area (Å²) in [6, 6.07) is 12.3. The summed E-state index contributed by atoms with van der Waals surface area (Å²) in [5, 5.41) is 3.02. The second kappa shape index (κ2) is 11.5. The number of carbonyl (C=O) groups is 2. The van der Waals surface area contributed by atoms with Gasteiger partial charge >= 0.3 is 5.97 Å². The van der Waals surface area contributed by atoms with Crippen molar-refractivity contribution >= 4 is 45.1 Å². The molecule has 2 aromatic carbocycles. The van der Waals surface area contributed by atoms with Gasteiger partial charge in [-0.25, -0.2) is 8.42 Å². The van der Waals surface area contributed by atoms with E-state index in [0.29, 0.717) is 0 Å². The molecule has 0 aliphatic rings. The van der Waals surface area contributed by atoms with E-state index in [1.54, 1.807) is 0 Å². The van der Waals surface area contributed by atoms with Gasteiger partial charge in [-0.2, -0.15) is 4.72 Å². The molecule has 0 unspecified atom stereocenters. The van der Waals surface area contributed by atoms with Crippen LogP contribution >= 0.6 is 23.2 Å². The molecule has 168 valence electrons. The molecule has 0 heterocycles. The van der Waals surface area contributed by atoms with Gasteiger partial charge in [0.1, 0.15) is 6.04 Å². The molecule has 0 spiro atoms. The fourth-order valence-corrected chi connectivity index (χ4v) is 4.25. The Kier molecular flexibility index (Phi) is 9.31. The molecule has 0 aliphatic carbocycles. The summed E-state index contributed by atoms with van der Waals surface area (Å²) in [5.74, 6) is -1.34. The Morgan fingerprint density at radius 1 is 1.03 bits per heavy atom. The van der Waals surface area contributed by atoms with E-state index in [0.717, 1.165) is 18.4 Å². The highest BCUT2D eigenvalue weighted by Gasteiger charge is 2.24. The third-order valence-corrected chi connectivity index (χ3v) is 6.63. The van der Waals surface area contributed by atoms with Crippen LogP contribution < -0.4 is 10.0 Å². The number of ether oxygens (including phenoxy) is 1. The van der Waals surface area contributed by atoms with Crippen LogP contribution in [0.3, 0.4) is 0 Å². The van der Waals surface area contributed by atoms with Gasteiger partial charge in [0.15, 0.2) is 6.61 Å². The smallest absolute Gasteiger partial charge is 0.324 e. The maximum atomic E-state index is 12.4. The minimum absolute atomic E-state index is 0.0674. The summed E-state index contributed by atoms with van der Waals surface area (Å²) in [7, 11) is -4.03. The number of hydrogen-bond donors (Lipinski definition) is 2. The maximum absolute atomic E-state index is 12.4. The van der Waals surface area contributed by atoms with Crippen molar-refractivity contribution in [3.8, 4) is 0 Å². The highest BCUT2D eigenvalue weighted by Crippen LogP contribution is 2.24. The van der Waals surface area contributed by atoms with Gasteiger partial charge in [0.2, 0.25) is 10.0 Å². The van der Waals surface area contributed by atoms with Gasteiger partial charge in [-0.05, 0) is 50.5 Å². The van der Waals surface area contributed by atoms with E-state index >= 15 is 0 Å². The second-order valence-corrected chi connectivity index (χ2v) is 9.55. The number of esters is 1. The van der Waals surface area contributed by atoms with E-state index in [1.165, 1.54) is 25.1 Å². The Balaban J connectivity index is 1.78. The number of halogens is 2. The summed E-state index contributed by atoms with van der Waals surface area (Å²) in [5.41, 5.74) is 1.16. The molecule has 10 heteroatoms. The van der Waals surface area contributed by atoms with E-state index in [1.807, 2.05) is 37.3 Å². The van der Waals surface area contributed by atoms with Gasteiger partial charge in [-0.15, -0.1) is 0 Å². The number of carbonyl (C=O) groups excluding carboxylic acids is 2. The first-order valence-corrected chi connectivity index (χ1v) is 11.8. The zero-order valence-electron chi connectivity index (χ0n) is 17.1. The van der Waals surface area contributed by atoms with Crippen molar-refractivity contribution in [2.24, 2.45) is 0 Å². The lowest BCUT2D eigenvalue weighted by molar-refractivity contribution is -0.149. The van der Waals surface area contributed by atoms with E-state index in [9.17, 15) is 18.0 Å². The molecular formula is C21H24Cl2N2O5S. The SMILES string of the molecule is C[C@@H](CCc1ccccc1)NC(=O)COC(=O)[C@@H](C)NS(=O)(=O)c1ccc(Cl)c(Cl)c1. The van der Waals surface area contributed by atoms with Crippen LogP contribution in [0.2, 0.25) is 10.0 Å². The molecule has 7 nitrogen and oxygen atoms in total. The van der Waals surface area contributed by atoms with Crippen molar-refractivity contribution in [3.63, 3.8) is 0 Å². The Labute approximate surface area is 192 Å². The van der Waals surface area contributed by atoms with Crippen LogP contribution in [-0.2, 0) is 30.8 Å². The highest BCUT2D eigenvalue weighted by atomic mass is 35.5. The van der Waals surface area contributed by atoms with Crippen molar-refractivity contribution in [1.82, 2.24) is 10.0 Å². The second-order valence-electron chi connectivity index (χ2n) is 7.02. The van der Waals surface area contributed by atoms with Crippen LogP contribution in [-0.4, -0.2) is 39.0 Å². The number of sulfonamides is 1. The molecule has 2 N–H and O–H groups in total. The average molecular weight is 487 g/mol. The lowest BCUT2D eigenvalue weighted by atomic mass is 10.1. The Bertz CT molecular complexity index is 1020. The molecule has 0 radical (unpaired) electrons. The lowest BCUT2D eigenvalue weighted by Gasteiger charge is -2.16. The number of amides is 1. The largest absolute Gasteiger partial charge is 0.454 e. The maximum Gasteiger partial charge on any atom is 0.324 e. The predicted octanol–water partition coefficient (Wildman–Crippen LogP) is 3.34. The monoisotopic (exact) mass is 486 g/mol. The Morgan fingerprint density at radius 2 is 1.71 bits per heavy atom. The van der Waals surface area contributed by atoms with Gasteiger partial charge in [-0.1, -0.05) is 53.5 Å². The molecule has 31 heavy (non-hydrogen) atoms. The van der Waals surface area contributed by atoms with E-state index in [2.05, 4.69) is 10.0 Å². The first-order valence-electron chi connectivity index (χ1n) is 9.56. The number of rotatable bonds is 10. The molecule has 0 aliphatic heterocycles. The van der Waals surface area contributed by atoms with Gasteiger partial charge in [-0.3, -0.25) is 9.59 Å². The summed E-state index contributed by atoms with van der Waals surface area (Å²) in [6.07, 6.45) is 1.53. The Hall–Kier alpha value is -2.13. The van der Waals surface area contributed by atoms with Crippen LogP contribution in [0.4, 0.5) is 0 Å². The number of benzene rings is 2. The van der Waals surface area contributed by atoms with Gasteiger partial charge in [0.25, 0.3) is 5.91 Å². The van der Waals surface area contributed by atoms with E-state index in [-0.39, 0.29) is 21.0 Å². The van der Waals surface area contributed by atoms with Crippen LogP contribution in [0.5, 0.6) is 0 Å². The summed E-state index contributed by atoms with van der Waals surface area (Å²) >= 11 is 11.6. The molecule has 2 rings (SSSR count). The zero-order valence-corrected chi connectivity index (χ0v) is 19.4. The molecular weight excluding hydrogens is 463 g/mol. The topological polar surface area (TPSA) is 102 Å². The normalized spacial score (nSPS) is 13.3. The molecule has 0 fully saturated rings. The standard InChI is InChI=1S/C21H24Cl2N2O5S/c1-14(8-9-16-6-4-3-5-7-16)24-20(26)13-30-21(27)15(2)25-31(28,29)17-10-11-18(22)19(23)12-17/h3-7,10-12,14-15,25H,8-9,13H2,1-2H3,(H,24,26)/t14-,15+/m0/s1.